The highest BCUT2D eigenvalue weighted by atomic mass is 32.2. The topological polar surface area (TPSA) is 86.5 Å². The van der Waals surface area contributed by atoms with E-state index in [1.54, 1.807) is 18.2 Å². The van der Waals surface area contributed by atoms with E-state index < -0.39 is 5.91 Å². The van der Waals surface area contributed by atoms with Crippen molar-refractivity contribution in [3.05, 3.63) is 59.5 Å². The maximum atomic E-state index is 12.5. The normalized spacial score (nSPS) is 10.8. The number of carbonyl (C=O) groups excluding carboxylic acids is 1. The van der Waals surface area contributed by atoms with Crippen molar-refractivity contribution in [3.8, 4) is 11.5 Å². The Hall–Kier alpha value is -3.00. The van der Waals surface area contributed by atoms with Crippen LogP contribution in [0.2, 0.25) is 0 Å². The van der Waals surface area contributed by atoms with E-state index in [4.69, 9.17) is 13.9 Å². The van der Waals surface area contributed by atoms with Gasteiger partial charge in [0.15, 0.2) is 0 Å². The molecule has 1 amide bonds. The van der Waals surface area contributed by atoms with E-state index in [2.05, 4.69) is 41.5 Å². The van der Waals surface area contributed by atoms with Gasteiger partial charge in [-0.2, -0.15) is 0 Å². The fourth-order valence-corrected chi connectivity index (χ4v) is 3.45. The fraction of sp³-hybridized carbons (Fsp3) is 0.286. The van der Waals surface area contributed by atoms with Crippen molar-refractivity contribution in [1.29, 1.82) is 0 Å². The molecule has 3 aromatic rings. The van der Waals surface area contributed by atoms with Crippen LogP contribution in [0.5, 0.6) is 11.5 Å². The molecular weight excluding hydrogens is 390 g/mol. The Balaban J connectivity index is 1.65. The quantitative estimate of drug-likeness (QED) is 0.547. The third kappa shape index (κ3) is 5.74. The van der Waals surface area contributed by atoms with E-state index in [0.29, 0.717) is 34.6 Å². The minimum Gasteiger partial charge on any atom is -0.497 e. The molecule has 0 unspecified atom stereocenters. The standard InChI is InChI=1S/C21H23N3O4S/c1-13(2)29-18-7-5-14(6-8-18)9-19-23-24-21(28-19)22-20(25)15-10-16(26-3)12-17(11-15)27-4/h5-8,10-13H,9H2,1-4H3,(H,22,24,25). The molecule has 8 heteroatoms. The zero-order chi connectivity index (χ0) is 20.8. The number of ether oxygens (including phenoxy) is 2. The molecule has 0 atom stereocenters. The number of carbonyl (C=O) groups is 1. The summed E-state index contributed by atoms with van der Waals surface area (Å²) in [4.78, 5) is 13.7. The summed E-state index contributed by atoms with van der Waals surface area (Å²) in [6, 6.07) is 13.2. The minimum absolute atomic E-state index is 0.0405. The Labute approximate surface area is 173 Å². The molecule has 0 bridgehead atoms. The molecule has 7 nitrogen and oxygen atoms in total. The van der Waals surface area contributed by atoms with Gasteiger partial charge < -0.3 is 13.9 Å². The molecule has 1 aromatic heterocycles. The van der Waals surface area contributed by atoms with Gasteiger partial charge >= 0.3 is 6.01 Å². The van der Waals surface area contributed by atoms with Crippen LogP contribution in [0.4, 0.5) is 6.01 Å². The molecule has 3 rings (SSSR count). The Bertz CT molecular complexity index is 948. The number of rotatable bonds is 8. The first kappa shape index (κ1) is 20.7. The van der Waals surface area contributed by atoms with Crippen LogP contribution in [0, 0.1) is 0 Å². The number of methoxy groups -OCH3 is 2. The minimum atomic E-state index is -0.396. The second-order valence-corrected chi connectivity index (χ2v) is 8.19. The maximum absolute atomic E-state index is 12.5. The Morgan fingerprint density at radius 3 is 2.31 bits per heavy atom. The van der Waals surface area contributed by atoms with Gasteiger partial charge in [0.1, 0.15) is 11.5 Å². The number of benzene rings is 2. The van der Waals surface area contributed by atoms with Crippen molar-refractivity contribution in [1.82, 2.24) is 10.2 Å². The lowest BCUT2D eigenvalue weighted by molar-refractivity contribution is 0.102. The van der Waals surface area contributed by atoms with E-state index in [1.165, 1.54) is 19.1 Å². The molecule has 1 heterocycles. The molecular formula is C21H23N3O4S. The molecule has 29 heavy (non-hydrogen) atoms. The largest absolute Gasteiger partial charge is 0.497 e. The summed E-state index contributed by atoms with van der Waals surface area (Å²) in [5.41, 5.74) is 1.41. The summed E-state index contributed by atoms with van der Waals surface area (Å²) < 4.78 is 15.9. The molecule has 152 valence electrons. The number of nitrogens with one attached hydrogen (secondary N) is 1. The second-order valence-electron chi connectivity index (χ2n) is 6.54. The summed E-state index contributed by atoms with van der Waals surface area (Å²) in [7, 11) is 3.05. The predicted octanol–water partition coefficient (Wildman–Crippen LogP) is 4.43. The van der Waals surface area contributed by atoms with Crippen LogP contribution in [0.15, 0.2) is 51.8 Å². The van der Waals surface area contributed by atoms with Crippen molar-refractivity contribution in [2.24, 2.45) is 0 Å². The van der Waals surface area contributed by atoms with Gasteiger partial charge in [0.25, 0.3) is 5.91 Å². The molecule has 2 aromatic carbocycles. The van der Waals surface area contributed by atoms with Gasteiger partial charge in [0, 0.05) is 21.8 Å². The van der Waals surface area contributed by atoms with Crippen molar-refractivity contribution in [3.63, 3.8) is 0 Å². The van der Waals surface area contributed by atoms with E-state index >= 15 is 0 Å². The summed E-state index contributed by atoms with van der Waals surface area (Å²) in [5, 5.41) is 11.1. The Morgan fingerprint density at radius 2 is 1.72 bits per heavy atom. The third-order valence-corrected chi connectivity index (χ3v) is 4.97. The third-order valence-electron chi connectivity index (χ3n) is 3.95. The Morgan fingerprint density at radius 1 is 1.07 bits per heavy atom. The number of hydrogen-bond donors (Lipinski definition) is 1. The van der Waals surface area contributed by atoms with Crippen molar-refractivity contribution >= 4 is 23.7 Å². The molecule has 0 aliphatic heterocycles. The summed E-state index contributed by atoms with van der Waals surface area (Å²) in [6.07, 6.45) is 0.489. The molecule has 0 saturated carbocycles. The summed E-state index contributed by atoms with van der Waals surface area (Å²) in [6.45, 7) is 4.32. The van der Waals surface area contributed by atoms with Crippen LogP contribution in [0.25, 0.3) is 0 Å². The van der Waals surface area contributed by atoms with Crippen LogP contribution in [-0.2, 0) is 6.42 Å². The highest BCUT2D eigenvalue weighted by molar-refractivity contribution is 7.99. The number of amides is 1. The SMILES string of the molecule is COc1cc(OC)cc(C(=O)Nc2nnc(Cc3ccc(SC(C)C)cc3)o2)c1. The van der Waals surface area contributed by atoms with Gasteiger partial charge in [-0.25, -0.2) is 0 Å². The number of anilines is 1. The summed E-state index contributed by atoms with van der Waals surface area (Å²) >= 11 is 1.81. The van der Waals surface area contributed by atoms with E-state index in [9.17, 15) is 4.79 Å². The molecule has 0 aliphatic rings. The predicted molar refractivity (Wildman–Crippen MR) is 112 cm³/mol. The molecule has 0 aliphatic carbocycles. The van der Waals surface area contributed by atoms with Gasteiger partial charge in [-0.05, 0) is 29.8 Å². The van der Waals surface area contributed by atoms with E-state index in [-0.39, 0.29) is 6.01 Å². The van der Waals surface area contributed by atoms with E-state index in [1.807, 2.05) is 23.9 Å². The monoisotopic (exact) mass is 413 g/mol. The number of thioether (sulfide) groups is 1. The average molecular weight is 413 g/mol. The highest BCUT2D eigenvalue weighted by Gasteiger charge is 2.14. The lowest BCUT2D eigenvalue weighted by atomic mass is 10.1. The molecule has 0 saturated heterocycles. The van der Waals surface area contributed by atoms with Crippen molar-refractivity contribution < 1.29 is 18.7 Å². The van der Waals surface area contributed by atoms with Crippen LogP contribution in [0.3, 0.4) is 0 Å². The van der Waals surface area contributed by atoms with Crippen LogP contribution >= 0.6 is 11.8 Å². The zero-order valence-electron chi connectivity index (χ0n) is 16.8. The average Bonchev–Trinajstić information content (AvgIpc) is 3.15. The Kier molecular flexibility index (Phi) is 6.77. The lowest BCUT2D eigenvalue weighted by Gasteiger charge is -2.07. The van der Waals surface area contributed by atoms with E-state index in [0.717, 1.165) is 5.56 Å². The number of aromatic nitrogens is 2. The molecule has 0 fully saturated rings. The highest BCUT2D eigenvalue weighted by Crippen LogP contribution is 2.24. The number of nitrogens with zero attached hydrogens (tertiary/aromatic N) is 2. The molecule has 0 spiro atoms. The second kappa shape index (κ2) is 9.47. The van der Waals surface area contributed by atoms with Crippen LogP contribution < -0.4 is 14.8 Å². The van der Waals surface area contributed by atoms with Gasteiger partial charge in [-0.1, -0.05) is 31.1 Å². The maximum Gasteiger partial charge on any atom is 0.322 e. The van der Waals surface area contributed by atoms with Crippen molar-refractivity contribution in [2.45, 2.75) is 30.4 Å². The van der Waals surface area contributed by atoms with Gasteiger partial charge in [0.2, 0.25) is 5.89 Å². The molecule has 0 radical (unpaired) electrons. The summed E-state index contributed by atoms with van der Waals surface area (Å²) in [5.74, 6) is 1.06. The van der Waals surface area contributed by atoms with Gasteiger partial charge in [-0.3, -0.25) is 10.1 Å². The van der Waals surface area contributed by atoms with Crippen LogP contribution in [0.1, 0.15) is 35.7 Å². The van der Waals surface area contributed by atoms with Gasteiger partial charge in [-0.15, -0.1) is 16.9 Å². The first-order valence-electron chi connectivity index (χ1n) is 9.09. The lowest BCUT2D eigenvalue weighted by Crippen LogP contribution is -2.12. The van der Waals surface area contributed by atoms with Crippen LogP contribution in [-0.4, -0.2) is 35.6 Å². The number of hydrogen-bond acceptors (Lipinski definition) is 7. The zero-order valence-corrected chi connectivity index (χ0v) is 17.6. The molecule has 1 N–H and O–H groups in total. The fourth-order valence-electron chi connectivity index (χ4n) is 2.62. The van der Waals surface area contributed by atoms with Gasteiger partial charge in [0.05, 0.1) is 20.6 Å². The first-order valence-corrected chi connectivity index (χ1v) is 9.97. The van der Waals surface area contributed by atoms with Crippen molar-refractivity contribution in [2.75, 3.05) is 19.5 Å². The smallest absolute Gasteiger partial charge is 0.322 e. The first-order chi connectivity index (χ1) is 14.0.